The maximum Gasteiger partial charge on any atom is 0.439 e. The molecule has 2 aromatic carbocycles. The van der Waals surface area contributed by atoms with E-state index in [4.69, 9.17) is 19.2 Å². The molecule has 1 saturated heterocycles. The minimum absolute atomic E-state index is 0.0247. The van der Waals surface area contributed by atoms with Gasteiger partial charge in [-0.3, -0.25) is 19.3 Å². The van der Waals surface area contributed by atoms with Gasteiger partial charge in [0, 0.05) is 23.2 Å². The molecule has 10 nitrogen and oxygen atoms in total. The largest absolute Gasteiger partial charge is 0.496 e. The topological polar surface area (TPSA) is 126 Å². The summed E-state index contributed by atoms with van der Waals surface area (Å²) in [7, 11) is 1.72. The highest BCUT2D eigenvalue weighted by Gasteiger charge is 2.44. The van der Waals surface area contributed by atoms with Crippen LogP contribution in [0.1, 0.15) is 95.1 Å². The Balaban J connectivity index is 1.18. The summed E-state index contributed by atoms with van der Waals surface area (Å²) in [4.78, 5) is 42.4. The zero-order chi connectivity index (χ0) is 34.8. The van der Waals surface area contributed by atoms with Gasteiger partial charge in [0.1, 0.15) is 11.6 Å². The number of rotatable bonds is 9. The van der Waals surface area contributed by atoms with Crippen LogP contribution >= 0.6 is 11.3 Å². The second-order valence-corrected chi connectivity index (χ2v) is 15.1. The highest BCUT2D eigenvalue weighted by molar-refractivity contribution is 7.23. The van der Waals surface area contributed by atoms with Gasteiger partial charge in [0.25, 0.3) is 5.91 Å². The smallest absolute Gasteiger partial charge is 0.439 e. The van der Waals surface area contributed by atoms with Gasteiger partial charge >= 0.3 is 5.76 Å². The molecule has 0 radical (unpaired) electrons. The molecule has 258 valence electrons. The number of aromatic nitrogens is 4. The number of aryl methyl sites for hydroxylation is 2. The standard InChI is InChI=1S/C40H38N6O4S/c1-21(2)23-12-9-22(10-13-23)11-15-28-32(37-44-40(48)50-45-37)33(34-35(42-28)29-7-5-19-46(29)39(34)47)31-20-24-17-18-41-38(36(24)51-31)43-27-16-14-26-25(27)6-4-8-30(26)49-3/h4,6,8-10,12-13,17-18,20-21,27,29H,5,7,11,14-16,19H2,1-3H3,(H,41,43)(H,44,45,48)/t27-,29+/m0/s1. The zero-order valence-electron chi connectivity index (χ0n) is 28.8. The van der Waals surface area contributed by atoms with E-state index in [0.29, 0.717) is 30.0 Å². The van der Waals surface area contributed by atoms with E-state index in [1.807, 2.05) is 29.3 Å². The van der Waals surface area contributed by atoms with Gasteiger partial charge in [-0.15, -0.1) is 11.3 Å². The third-order valence-electron chi connectivity index (χ3n) is 10.8. The molecular formula is C40H38N6O4S. The molecule has 0 saturated carbocycles. The van der Waals surface area contributed by atoms with Gasteiger partial charge in [-0.2, -0.15) is 0 Å². The van der Waals surface area contributed by atoms with Crippen LogP contribution in [0.3, 0.4) is 0 Å². The lowest BCUT2D eigenvalue weighted by atomic mass is 9.92. The quantitative estimate of drug-likeness (QED) is 0.156. The first-order valence-electron chi connectivity index (χ1n) is 17.7. The molecule has 0 unspecified atom stereocenters. The van der Waals surface area contributed by atoms with Crippen LogP contribution in [0.2, 0.25) is 0 Å². The van der Waals surface area contributed by atoms with Gasteiger partial charge in [0.2, 0.25) is 0 Å². The van der Waals surface area contributed by atoms with E-state index in [-0.39, 0.29) is 23.8 Å². The molecule has 51 heavy (non-hydrogen) atoms. The van der Waals surface area contributed by atoms with Crippen molar-refractivity contribution in [2.45, 2.75) is 70.4 Å². The van der Waals surface area contributed by atoms with Gasteiger partial charge in [-0.1, -0.05) is 55.4 Å². The predicted octanol–water partition coefficient (Wildman–Crippen LogP) is 8.01. The van der Waals surface area contributed by atoms with Crippen molar-refractivity contribution in [3.63, 3.8) is 0 Å². The lowest BCUT2D eigenvalue weighted by Gasteiger charge is -2.17. The van der Waals surface area contributed by atoms with Crippen LogP contribution in [0.15, 0.2) is 70.1 Å². The SMILES string of the molecule is COc1cccc2c1CC[C@@H]2Nc1nccc2cc(-c3c4c(nc(CCc5ccc(C(C)C)cc5)c3-c3noc(=O)[nH]3)[C@H]3CCCN3C4=O)sc12. The Labute approximate surface area is 298 Å². The number of nitrogens with zero attached hydrogens (tertiary/aromatic N) is 4. The molecule has 3 aliphatic rings. The average Bonchev–Trinajstić information content (AvgIpc) is 3.98. The molecule has 1 amide bonds. The van der Waals surface area contributed by atoms with Crippen molar-refractivity contribution in [1.82, 2.24) is 25.0 Å². The predicted molar refractivity (Wildman–Crippen MR) is 198 cm³/mol. The molecule has 0 spiro atoms. The van der Waals surface area contributed by atoms with Crippen LogP contribution in [-0.2, 0) is 19.3 Å². The Morgan fingerprint density at radius 1 is 1.06 bits per heavy atom. The van der Waals surface area contributed by atoms with Crippen molar-refractivity contribution in [1.29, 1.82) is 0 Å². The van der Waals surface area contributed by atoms with E-state index in [2.05, 4.69) is 65.7 Å². The third kappa shape index (κ3) is 5.33. The second kappa shape index (κ2) is 12.5. The normalized spacial score (nSPS) is 17.7. The molecule has 0 bridgehead atoms. The molecule has 6 heterocycles. The van der Waals surface area contributed by atoms with Gasteiger partial charge in [-0.05, 0) is 90.3 Å². The minimum Gasteiger partial charge on any atom is -0.496 e. The molecular weight excluding hydrogens is 661 g/mol. The number of carbonyl (C=O) groups is 1. The van der Waals surface area contributed by atoms with Gasteiger partial charge in [-0.25, -0.2) is 9.78 Å². The van der Waals surface area contributed by atoms with Crippen LogP contribution in [0.5, 0.6) is 5.75 Å². The van der Waals surface area contributed by atoms with Gasteiger partial charge in [0.05, 0.1) is 46.4 Å². The van der Waals surface area contributed by atoms with Crippen molar-refractivity contribution in [3.05, 3.63) is 111 Å². The summed E-state index contributed by atoms with van der Waals surface area (Å²) < 4.78 is 11.7. The van der Waals surface area contributed by atoms with Gasteiger partial charge in [0.15, 0.2) is 5.82 Å². The number of aromatic amines is 1. The monoisotopic (exact) mass is 698 g/mol. The van der Waals surface area contributed by atoms with Gasteiger partial charge < -0.3 is 15.0 Å². The summed E-state index contributed by atoms with van der Waals surface area (Å²) in [5, 5.41) is 8.93. The van der Waals surface area contributed by atoms with Crippen LogP contribution in [0, 0.1) is 0 Å². The third-order valence-corrected chi connectivity index (χ3v) is 11.9. The van der Waals surface area contributed by atoms with Crippen molar-refractivity contribution in [3.8, 4) is 27.6 Å². The van der Waals surface area contributed by atoms with Crippen molar-refractivity contribution < 1.29 is 14.1 Å². The number of ether oxygens (including phenoxy) is 1. The van der Waals surface area contributed by atoms with Crippen molar-refractivity contribution in [2.75, 3.05) is 19.0 Å². The molecule has 4 aromatic heterocycles. The van der Waals surface area contributed by atoms with Crippen molar-refractivity contribution >= 4 is 33.1 Å². The van der Waals surface area contributed by atoms with Crippen LogP contribution < -0.4 is 15.8 Å². The Hall–Kier alpha value is -5.29. The molecule has 9 rings (SSSR count). The summed E-state index contributed by atoms with van der Waals surface area (Å²) >= 11 is 1.59. The number of hydrogen-bond acceptors (Lipinski definition) is 9. The molecule has 6 aromatic rings. The molecule has 2 aliphatic heterocycles. The van der Waals surface area contributed by atoms with E-state index in [9.17, 15) is 9.59 Å². The Morgan fingerprint density at radius 2 is 1.92 bits per heavy atom. The number of benzene rings is 2. The lowest BCUT2D eigenvalue weighted by molar-refractivity contribution is 0.0776. The number of pyridine rings is 2. The van der Waals surface area contributed by atoms with E-state index in [1.165, 1.54) is 22.3 Å². The number of anilines is 1. The first-order chi connectivity index (χ1) is 24.9. The highest BCUT2D eigenvalue weighted by atomic mass is 32.1. The van der Waals surface area contributed by atoms with E-state index >= 15 is 0 Å². The number of methoxy groups -OCH3 is 1. The molecule has 1 fully saturated rings. The number of nitrogens with one attached hydrogen (secondary N) is 2. The van der Waals surface area contributed by atoms with Crippen molar-refractivity contribution in [2.24, 2.45) is 0 Å². The first kappa shape index (κ1) is 31.7. The maximum absolute atomic E-state index is 14.3. The summed E-state index contributed by atoms with van der Waals surface area (Å²) in [6.07, 6.45) is 6.84. The minimum atomic E-state index is -0.654. The lowest BCUT2D eigenvalue weighted by Crippen LogP contribution is -2.22. The Kier molecular flexibility index (Phi) is 7.76. The number of thiophene rings is 1. The number of carbonyl (C=O) groups excluding carboxylic acids is 1. The average molecular weight is 699 g/mol. The maximum atomic E-state index is 14.3. The fourth-order valence-electron chi connectivity index (χ4n) is 8.22. The summed E-state index contributed by atoms with van der Waals surface area (Å²) in [5.41, 5.74) is 8.52. The van der Waals surface area contributed by atoms with E-state index in [0.717, 1.165) is 75.6 Å². The summed E-state index contributed by atoms with van der Waals surface area (Å²) in [6.45, 7) is 5.08. The van der Waals surface area contributed by atoms with E-state index < -0.39 is 5.76 Å². The number of amides is 1. The van der Waals surface area contributed by atoms with Crippen LogP contribution in [0.25, 0.3) is 31.9 Å². The number of hydrogen-bond donors (Lipinski definition) is 2. The molecule has 11 heteroatoms. The fourth-order valence-corrected chi connectivity index (χ4v) is 9.38. The summed E-state index contributed by atoms with van der Waals surface area (Å²) in [5.74, 6) is 1.76. The number of H-pyrrole nitrogens is 1. The molecule has 2 N–H and O–H groups in total. The molecule has 1 aliphatic carbocycles. The fraction of sp³-hybridized carbons (Fsp3) is 0.325. The first-order valence-corrected chi connectivity index (χ1v) is 18.5. The van der Waals surface area contributed by atoms with Crippen LogP contribution in [0.4, 0.5) is 5.82 Å². The number of fused-ring (bicyclic) bond motifs is 5. The molecule has 2 atom stereocenters. The highest BCUT2D eigenvalue weighted by Crippen LogP contribution is 2.50. The van der Waals surface area contributed by atoms with E-state index in [1.54, 1.807) is 18.4 Å². The zero-order valence-corrected chi connectivity index (χ0v) is 29.6. The second-order valence-electron chi connectivity index (χ2n) is 14.0. The Bertz CT molecular complexity index is 2380. The van der Waals surface area contributed by atoms with Crippen LogP contribution in [-0.4, -0.2) is 44.6 Å². The summed E-state index contributed by atoms with van der Waals surface area (Å²) in [6, 6.07) is 19.1. The Morgan fingerprint density at radius 3 is 2.71 bits per heavy atom.